The van der Waals surface area contributed by atoms with E-state index in [1.807, 2.05) is 32.0 Å². The highest BCUT2D eigenvalue weighted by atomic mass is 32.2. The lowest BCUT2D eigenvalue weighted by molar-refractivity contribution is -0.275. The molecule has 3 N–H and O–H groups in total. The monoisotopic (exact) mass is 647 g/mol. The summed E-state index contributed by atoms with van der Waals surface area (Å²) in [5.74, 6) is -0.963. The van der Waals surface area contributed by atoms with E-state index in [2.05, 4.69) is 14.8 Å². The molecule has 0 radical (unpaired) electrons. The quantitative estimate of drug-likeness (QED) is 0.297. The normalized spacial score (nSPS) is 21.2. The van der Waals surface area contributed by atoms with Gasteiger partial charge >= 0.3 is 6.36 Å². The molecule has 0 aliphatic carbocycles. The number of nitrogens with zero attached hydrogens (tertiary/aromatic N) is 1. The summed E-state index contributed by atoms with van der Waals surface area (Å²) in [7, 11) is -4.68. The average molecular weight is 648 g/mol. The Labute approximate surface area is 260 Å². The van der Waals surface area contributed by atoms with Crippen molar-refractivity contribution in [3.8, 4) is 11.5 Å². The van der Waals surface area contributed by atoms with Gasteiger partial charge in [-0.05, 0) is 82.0 Å². The molecule has 3 aromatic rings. The number of halogens is 3. The van der Waals surface area contributed by atoms with Crippen LogP contribution < -0.4 is 19.5 Å². The Bertz CT molecular complexity index is 1680. The van der Waals surface area contributed by atoms with E-state index >= 15 is 0 Å². The Kier molecular flexibility index (Phi) is 8.82. The van der Waals surface area contributed by atoms with Gasteiger partial charge in [-0.3, -0.25) is 4.79 Å². The number of carbonyl (C=O) groups is 1. The van der Waals surface area contributed by atoms with Crippen LogP contribution in [-0.2, 0) is 10.0 Å². The number of ether oxygens (including phenoxy) is 2. The number of aryl methyl sites for hydroxylation is 2. The molecule has 13 heteroatoms. The van der Waals surface area contributed by atoms with Crippen LogP contribution in [-0.4, -0.2) is 61.5 Å². The second-order valence-electron chi connectivity index (χ2n) is 11.9. The van der Waals surface area contributed by atoms with Crippen molar-refractivity contribution in [3.05, 3.63) is 82.9 Å². The highest BCUT2D eigenvalue weighted by molar-refractivity contribution is 7.89. The molecule has 1 saturated heterocycles. The van der Waals surface area contributed by atoms with E-state index in [1.54, 1.807) is 24.8 Å². The fourth-order valence-corrected chi connectivity index (χ4v) is 7.32. The third-order valence-electron chi connectivity index (χ3n) is 8.27. The summed E-state index contributed by atoms with van der Waals surface area (Å²) >= 11 is 0. The first-order valence-corrected chi connectivity index (χ1v) is 16.0. The Morgan fingerprint density at radius 2 is 1.78 bits per heavy atom. The molecule has 0 bridgehead atoms. The Hall–Kier alpha value is -3.81. The third kappa shape index (κ3) is 6.90. The second-order valence-corrected chi connectivity index (χ2v) is 13.6. The van der Waals surface area contributed by atoms with Crippen molar-refractivity contribution in [3.63, 3.8) is 0 Å². The zero-order valence-electron chi connectivity index (χ0n) is 25.3. The van der Waals surface area contributed by atoms with Crippen molar-refractivity contribution in [2.24, 2.45) is 0 Å². The number of hydrogen-bond acceptors (Lipinski definition) is 7. The van der Waals surface area contributed by atoms with Crippen molar-refractivity contribution in [2.45, 2.75) is 75.6 Å². The van der Waals surface area contributed by atoms with Gasteiger partial charge in [-0.1, -0.05) is 30.3 Å². The van der Waals surface area contributed by atoms with Crippen LogP contribution in [0.3, 0.4) is 0 Å². The van der Waals surface area contributed by atoms with Crippen molar-refractivity contribution in [1.82, 2.24) is 9.62 Å². The van der Waals surface area contributed by atoms with E-state index in [0.717, 1.165) is 41.8 Å². The second kappa shape index (κ2) is 12.2. The molecule has 1 amide bonds. The highest BCUT2D eigenvalue weighted by Crippen LogP contribution is 2.42. The van der Waals surface area contributed by atoms with Crippen LogP contribution in [0.25, 0.3) is 0 Å². The number of aliphatic hydroxyl groups is 1. The highest BCUT2D eigenvalue weighted by Gasteiger charge is 2.46. The molecule has 0 unspecified atom stereocenters. The number of rotatable bonds is 8. The Morgan fingerprint density at radius 1 is 1.09 bits per heavy atom. The molecule has 1 fully saturated rings. The molecule has 242 valence electrons. The van der Waals surface area contributed by atoms with E-state index < -0.39 is 44.8 Å². The minimum atomic E-state index is -5.13. The van der Waals surface area contributed by atoms with Crippen LogP contribution in [0.2, 0.25) is 0 Å². The first-order valence-electron chi connectivity index (χ1n) is 14.6. The standard InChI is InChI=1S/C32H36F3N3O6S/c1-19-9-7-10-20(2)27(19)36-18-22-11-8-16-38(22)30(40)21-14-15-24-23(17-21)28(29(39)31(3,4)43-24)37-45(41,42)26-13-6-5-12-25(26)44-32(33,34)35/h5-7,9-10,12-15,17,22,28-29,36-37,39H,8,11,16,18H2,1-4H3/t22-,28-,29+/m1/s1. The first-order chi connectivity index (χ1) is 21.1. The number of fused-ring (bicyclic) bond motifs is 1. The van der Waals surface area contributed by atoms with Gasteiger partial charge in [0.1, 0.15) is 28.1 Å². The van der Waals surface area contributed by atoms with E-state index in [1.165, 1.54) is 24.3 Å². The third-order valence-corrected chi connectivity index (χ3v) is 9.75. The van der Waals surface area contributed by atoms with Crippen molar-refractivity contribution < 1.29 is 41.0 Å². The number of aliphatic hydroxyl groups excluding tert-OH is 1. The van der Waals surface area contributed by atoms with E-state index in [-0.39, 0.29) is 28.8 Å². The van der Waals surface area contributed by atoms with Crippen molar-refractivity contribution >= 4 is 21.6 Å². The number of likely N-dealkylation sites (tertiary alicyclic amines) is 1. The van der Waals surface area contributed by atoms with Gasteiger partial charge in [0, 0.05) is 35.9 Å². The SMILES string of the molecule is Cc1cccc(C)c1NC[C@H]1CCCN1C(=O)c1ccc2c(c1)[C@@H](NS(=O)(=O)c1ccccc1OC(F)(F)F)[C@H](O)C(C)(C)O2. The average Bonchev–Trinajstić information content (AvgIpc) is 3.42. The molecule has 3 aromatic carbocycles. The molecular weight excluding hydrogens is 611 g/mol. The van der Waals surface area contributed by atoms with Gasteiger partial charge in [0.05, 0.1) is 6.04 Å². The first kappa shape index (κ1) is 32.6. The summed E-state index contributed by atoms with van der Waals surface area (Å²) in [6.45, 7) is 8.22. The minimum absolute atomic E-state index is 0.0900. The predicted octanol–water partition coefficient (Wildman–Crippen LogP) is 5.47. The maximum absolute atomic E-state index is 13.8. The maximum Gasteiger partial charge on any atom is 0.573 e. The van der Waals surface area contributed by atoms with E-state index in [9.17, 15) is 31.5 Å². The number of para-hydroxylation sites is 2. The van der Waals surface area contributed by atoms with Gasteiger partial charge in [0.25, 0.3) is 5.91 Å². The number of nitrogens with one attached hydrogen (secondary N) is 2. The minimum Gasteiger partial charge on any atom is -0.485 e. The van der Waals surface area contributed by atoms with Gasteiger partial charge < -0.3 is 24.8 Å². The number of alkyl halides is 3. The number of carbonyl (C=O) groups excluding carboxylic acids is 1. The molecule has 2 aliphatic heterocycles. The summed E-state index contributed by atoms with van der Waals surface area (Å²) in [5, 5.41) is 14.7. The number of benzene rings is 3. The van der Waals surface area contributed by atoms with Crippen LogP contribution >= 0.6 is 0 Å². The summed E-state index contributed by atoms with van der Waals surface area (Å²) in [5.41, 5.74) is 2.37. The molecule has 0 saturated carbocycles. The molecule has 45 heavy (non-hydrogen) atoms. The number of anilines is 1. The van der Waals surface area contributed by atoms with Crippen LogP contribution in [0, 0.1) is 13.8 Å². The maximum atomic E-state index is 13.8. The lowest BCUT2D eigenvalue weighted by atomic mass is 9.86. The van der Waals surface area contributed by atoms with E-state index in [0.29, 0.717) is 13.1 Å². The van der Waals surface area contributed by atoms with Crippen LogP contribution in [0.4, 0.5) is 18.9 Å². The molecule has 3 atom stereocenters. The summed E-state index contributed by atoms with van der Waals surface area (Å²) in [6.07, 6.45) is -4.99. The number of sulfonamides is 1. The zero-order valence-corrected chi connectivity index (χ0v) is 26.1. The van der Waals surface area contributed by atoms with Gasteiger partial charge in [0.2, 0.25) is 10.0 Å². The zero-order chi connectivity index (χ0) is 32.7. The van der Waals surface area contributed by atoms with Crippen LogP contribution in [0.1, 0.15) is 59.8 Å². The Morgan fingerprint density at radius 3 is 2.47 bits per heavy atom. The predicted molar refractivity (Wildman–Crippen MR) is 162 cm³/mol. The van der Waals surface area contributed by atoms with E-state index in [4.69, 9.17) is 4.74 Å². The fourth-order valence-electron chi connectivity index (χ4n) is 5.97. The topological polar surface area (TPSA) is 117 Å². The summed E-state index contributed by atoms with van der Waals surface area (Å²) < 4.78 is 78.4. The lowest BCUT2D eigenvalue weighted by Crippen LogP contribution is -2.53. The van der Waals surface area contributed by atoms with Crippen molar-refractivity contribution in [2.75, 3.05) is 18.4 Å². The number of hydrogen-bond donors (Lipinski definition) is 3. The summed E-state index contributed by atoms with van der Waals surface area (Å²) in [4.78, 5) is 14.8. The van der Waals surface area contributed by atoms with Gasteiger partial charge in [-0.25, -0.2) is 13.1 Å². The largest absolute Gasteiger partial charge is 0.573 e. The number of amides is 1. The molecule has 0 aromatic heterocycles. The van der Waals surface area contributed by atoms with Crippen molar-refractivity contribution in [1.29, 1.82) is 0 Å². The summed E-state index contributed by atoms with van der Waals surface area (Å²) in [6, 6.07) is 13.5. The molecular formula is C32H36F3N3O6S. The lowest BCUT2D eigenvalue weighted by Gasteiger charge is -2.42. The fraction of sp³-hybridized carbons (Fsp3) is 0.406. The molecule has 2 aliphatic rings. The van der Waals surface area contributed by atoms with Gasteiger partial charge in [0.15, 0.2) is 0 Å². The molecule has 0 spiro atoms. The van der Waals surface area contributed by atoms with Crippen LogP contribution in [0.5, 0.6) is 11.5 Å². The van der Waals surface area contributed by atoms with Gasteiger partial charge in [-0.2, -0.15) is 0 Å². The molecule has 5 rings (SSSR count). The van der Waals surface area contributed by atoms with Crippen LogP contribution in [0.15, 0.2) is 65.6 Å². The molecule has 2 heterocycles. The Balaban J connectivity index is 1.43. The smallest absolute Gasteiger partial charge is 0.485 e. The molecule has 9 nitrogen and oxygen atoms in total. The van der Waals surface area contributed by atoms with Gasteiger partial charge in [-0.15, -0.1) is 13.2 Å².